The Morgan fingerprint density at radius 3 is 2.38 bits per heavy atom. The van der Waals surface area contributed by atoms with Gasteiger partial charge in [-0.15, -0.1) is 0 Å². The maximum Gasteiger partial charge on any atom is 0.264 e. The molecule has 0 radical (unpaired) electrons. The van der Waals surface area contributed by atoms with Gasteiger partial charge in [0.1, 0.15) is 12.3 Å². The highest BCUT2D eigenvalue weighted by Gasteiger charge is 2.29. The molecular formula is C23H22Cl2N2O4S. The first kappa shape index (κ1) is 23.9. The van der Waals surface area contributed by atoms with E-state index in [9.17, 15) is 13.2 Å². The quantitative estimate of drug-likeness (QED) is 0.475. The van der Waals surface area contributed by atoms with Crippen LogP contribution in [0.5, 0.6) is 5.75 Å². The Labute approximate surface area is 197 Å². The van der Waals surface area contributed by atoms with Gasteiger partial charge in [-0.3, -0.25) is 9.10 Å². The molecule has 1 atom stereocenters. The van der Waals surface area contributed by atoms with Gasteiger partial charge in [-0.1, -0.05) is 59.6 Å². The Bertz CT molecular complexity index is 1200. The zero-order valence-electron chi connectivity index (χ0n) is 17.5. The molecule has 32 heavy (non-hydrogen) atoms. The summed E-state index contributed by atoms with van der Waals surface area (Å²) in [5, 5.41) is 3.27. The van der Waals surface area contributed by atoms with Crippen molar-refractivity contribution in [3.63, 3.8) is 0 Å². The molecule has 0 saturated heterocycles. The van der Waals surface area contributed by atoms with Crippen molar-refractivity contribution in [2.45, 2.75) is 17.9 Å². The van der Waals surface area contributed by atoms with E-state index >= 15 is 0 Å². The maximum atomic E-state index is 13.4. The maximum absolute atomic E-state index is 13.4. The van der Waals surface area contributed by atoms with Gasteiger partial charge in [0.15, 0.2) is 0 Å². The van der Waals surface area contributed by atoms with Crippen LogP contribution in [0.4, 0.5) is 5.69 Å². The lowest BCUT2D eigenvalue weighted by Gasteiger charge is -2.26. The van der Waals surface area contributed by atoms with Crippen LogP contribution in [-0.2, 0) is 14.8 Å². The van der Waals surface area contributed by atoms with Crippen LogP contribution in [0.2, 0.25) is 10.0 Å². The molecule has 1 amide bonds. The first-order valence-electron chi connectivity index (χ1n) is 9.69. The molecule has 9 heteroatoms. The van der Waals surface area contributed by atoms with Crippen LogP contribution in [0.3, 0.4) is 0 Å². The van der Waals surface area contributed by atoms with Crippen LogP contribution < -0.4 is 14.4 Å². The number of carbonyl (C=O) groups is 1. The van der Waals surface area contributed by atoms with Crippen LogP contribution in [0.15, 0.2) is 77.7 Å². The summed E-state index contributed by atoms with van der Waals surface area (Å²) in [5.41, 5.74) is 0.879. The largest absolute Gasteiger partial charge is 0.496 e. The van der Waals surface area contributed by atoms with Crippen LogP contribution in [-0.4, -0.2) is 28.0 Å². The van der Waals surface area contributed by atoms with Gasteiger partial charge in [0.25, 0.3) is 10.0 Å². The fourth-order valence-corrected chi connectivity index (χ4v) is 5.10. The van der Waals surface area contributed by atoms with E-state index in [2.05, 4.69) is 5.32 Å². The molecule has 0 aliphatic carbocycles. The van der Waals surface area contributed by atoms with Crippen molar-refractivity contribution in [3.8, 4) is 5.75 Å². The summed E-state index contributed by atoms with van der Waals surface area (Å²) >= 11 is 12.4. The zero-order valence-corrected chi connectivity index (χ0v) is 19.8. The van der Waals surface area contributed by atoms with Crippen molar-refractivity contribution in [2.75, 3.05) is 18.0 Å². The summed E-state index contributed by atoms with van der Waals surface area (Å²) in [4.78, 5) is 13.0. The number of hydrogen-bond donors (Lipinski definition) is 1. The Hall–Kier alpha value is -2.74. The number of ether oxygens (including phenoxy) is 1. The number of benzene rings is 3. The zero-order chi connectivity index (χ0) is 23.3. The number of halogens is 2. The first-order valence-corrected chi connectivity index (χ1v) is 11.9. The number of para-hydroxylation sites is 1. The summed E-state index contributed by atoms with van der Waals surface area (Å²) < 4.78 is 33.1. The number of hydrogen-bond acceptors (Lipinski definition) is 4. The Morgan fingerprint density at radius 2 is 1.69 bits per heavy atom. The Balaban J connectivity index is 1.94. The summed E-state index contributed by atoms with van der Waals surface area (Å²) in [6, 6.07) is 19.1. The molecule has 3 aromatic carbocycles. The predicted octanol–water partition coefficient (Wildman–Crippen LogP) is 5.07. The lowest BCUT2D eigenvalue weighted by atomic mass is 10.1. The second kappa shape index (κ2) is 10.3. The summed E-state index contributed by atoms with van der Waals surface area (Å²) in [6.45, 7) is 1.30. The molecule has 168 valence electrons. The average molecular weight is 493 g/mol. The van der Waals surface area contributed by atoms with Crippen molar-refractivity contribution in [3.05, 3.63) is 88.4 Å². The molecule has 0 heterocycles. The van der Waals surface area contributed by atoms with Crippen LogP contribution >= 0.6 is 23.2 Å². The third-order valence-electron chi connectivity index (χ3n) is 4.78. The van der Waals surface area contributed by atoms with Gasteiger partial charge in [0.05, 0.1) is 28.8 Å². The SMILES string of the molecule is COc1ccccc1C(C)NC(=O)CN(c1cc(Cl)ccc1Cl)S(=O)(=O)c1ccccc1. The van der Waals surface area contributed by atoms with Crippen molar-refractivity contribution in [1.82, 2.24) is 5.32 Å². The summed E-state index contributed by atoms with van der Waals surface area (Å²) in [5.74, 6) is 0.103. The second-order valence-corrected chi connectivity index (χ2v) is 9.66. The van der Waals surface area contributed by atoms with Gasteiger partial charge >= 0.3 is 0 Å². The number of carbonyl (C=O) groups excluding carboxylic acids is 1. The monoisotopic (exact) mass is 492 g/mol. The van der Waals surface area contributed by atoms with Crippen molar-refractivity contribution < 1.29 is 17.9 Å². The van der Waals surface area contributed by atoms with E-state index in [1.807, 2.05) is 18.2 Å². The lowest BCUT2D eigenvalue weighted by molar-refractivity contribution is -0.120. The van der Waals surface area contributed by atoms with E-state index in [-0.39, 0.29) is 15.6 Å². The van der Waals surface area contributed by atoms with E-state index in [0.717, 1.165) is 9.87 Å². The van der Waals surface area contributed by atoms with Crippen LogP contribution in [0.1, 0.15) is 18.5 Å². The highest BCUT2D eigenvalue weighted by Crippen LogP contribution is 2.33. The molecule has 1 unspecified atom stereocenters. The number of rotatable bonds is 8. The number of anilines is 1. The average Bonchev–Trinajstić information content (AvgIpc) is 2.79. The van der Waals surface area contributed by atoms with Gasteiger partial charge in [0.2, 0.25) is 5.91 Å². The molecular weight excluding hydrogens is 471 g/mol. The molecule has 0 aliphatic rings. The molecule has 0 bridgehead atoms. The predicted molar refractivity (Wildman–Crippen MR) is 127 cm³/mol. The lowest BCUT2D eigenvalue weighted by Crippen LogP contribution is -2.41. The summed E-state index contributed by atoms with van der Waals surface area (Å²) in [6.07, 6.45) is 0. The molecule has 0 saturated carbocycles. The van der Waals surface area contributed by atoms with Crippen molar-refractivity contribution in [1.29, 1.82) is 0 Å². The minimum absolute atomic E-state index is 0.0293. The van der Waals surface area contributed by atoms with E-state index in [0.29, 0.717) is 10.8 Å². The number of nitrogens with zero attached hydrogens (tertiary/aromatic N) is 1. The van der Waals surface area contributed by atoms with Gasteiger partial charge in [-0.05, 0) is 43.3 Å². The molecule has 3 aromatic rings. The molecule has 0 aromatic heterocycles. The first-order chi connectivity index (χ1) is 15.2. The van der Waals surface area contributed by atoms with Gasteiger partial charge in [0, 0.05) is 10.6 Å². The fourth-order valence-electron chi connectivity index (χ4n) is 3.22. The molecule has 3 rings (SSSR count). The number of sulfonamides is 1. The van der Waals surface area contributed by atoms with E-state index in [1.165, 1.54) is 24.3 Å². The van der Waals surface area contributed by atoms with Gasteiger partial charge in [-0.25, -0.2) is 8.42 Å². The molecule has 0 fully saturated rings. The van der Waals surface area contributed by atoms with Crippen molar-refractivity contribution >= 4 is 44.8 Å². The van der Waals surface area contributed by atoms with Crippen LogP contribution in [0, 0.1) is 0 Å². The molecule has 1 N–H and O–H groups in total. The standard InChI is InChI=1S/C23H22Cl2N2O4S/c1-16(19-10-6-7-11-22(19)31-2)26-23(28)15-27(21-14-17(24)12-13-20(21)25)32(29,30)18-8-4-3-5-9-18/h3-14,16H,15H2,1-2H3,(H,26,28). The summed E-state index contributed by atoms with van der Waals surface area (Å²) in [7, 11) is -2.55. The van der Waals surface area contributed by atoms with Gasteiger partial charge in [-0.2, -0.15) is 0 Å². The third-order valence-corrected chi connectivity index (χ3v) is 7.11. The second-order valence-electron chi connectivity index (χ2n) is 6.95. The highest BCUT2D eigenvalue weighted by atomic mass is 35.5. The van der Waals surface area contributed by atoms with E-state index in [1.54, 1.807) is 44.4 Å². The normalized spacial score (nSPS) is 12.1. The minimum atomic E-state index is -4.10. The minimum Gasteiger partial charge on any atom is -0.496 e. The highest BCUT2D eigenvalue weighted by molar-refractivity contribution is 7.92. The molecule has 0 aliphatic heterocycles. The smallest absolute Gasteiger partial charge is 0.264 e. The number of methoxy groups -OCH3 is 1. The van der Waals surface area contributed by atoms with Crippen LogP contribution in [0.25, 0.3) is 0 Å². The van der Waals surface area contributed by atoms with Gasteiger partial charge < -0.3 is 10.1 Å². The number of nitrogens with one attached hydrogen (secondary N) is 1. The number of amides is 1. The fraction of sp³-hybridized carbons (Fsp3) is 0.174. The van der Waals surface area contributed by atoms with Crippen molar-refractivity contribution in [2.24, 2.45) is 0 Å². The third kappa shape index (κ3) is 5.35. The Morgan fingerprint density at radius 1 is 1.03 bits per heavy atom. The van der Waals surface area contributed by atoms with E-state index in [4.69, 9.17) is 27.9 Å². The Kier molecular flexibility index (Phi) is 7.66. The molecule has 6 nitrogen and oxygen atoms in total. The topological polar surface area (TPSA) is 75.7 Å². The van der Waals surface area contributed by atoms with E-state index < -0.39 is 28.5 Å². The molecule has 0 spiro atoms.